The highest BCUT2D eigenvalue weighted by Crippen LogP contribution is 2.19. The number of benzene rings is 2. The Balaban J connectivity index is 2.08. The maximum absolute atomic E-state index is 10.6. The topological polar surface area (TPSA) is 75.4 Å². The summed E-state index contributed by atoms with van der Waals surface area (Å²) < 4.78 is 0. The molecule has 94 valence electrons. The number of nitrogens with one attached hydrogen (secondary N) is 1. The number of hydrogen-bond donors (Lipinski definition) is 3. The summed E-state index contributed by atoms with van der Waals surface area (Å²) in [5.74, 6) is -0.430. The highest BCUT2D eigenvalue weighted by molar-refractivity contribution is 5.83. The molecule has 2 aromatic rings. The lowest BCUT2D eigenvalue weighted by atomic mass is 10.0. The molecule has 0 radical (unpaired) electrons. The maximum atomic E-state index is 10.6. The second-order valence-corrected chi connectivity index (χ2v) is 4.22. The molecule has 0 aromatic heterocycles. The van der Waals surface area contributed by atoms with Gasteiger partial charge in [0.2, 0.25) is 5.91 Å². The third-order valence-corrected chi connectivity index (χ3v) is 2.80. The van der Waals surface area contributed by atoms with E-state index in [1.54, 1.807) is 0 Å². The summed E-state index contributed by atoms with van der Waals surface area (Å²) in [6, 6.07) is 13.8. The van der Waals surface area contributed by atoms with Gasteiger partial charge >= 0.3 is 0 Å². The van der Waals surface area contributed by atoms with Crippen LogP contribution in [0.15, 0.2) is 42.5 Å². The van der Waals surface area contributed by atoms with Crippen molar-refractivity contribution in [1.82, 2.24) is 5.32 Å². The molecular weight excluding hydrogens is 228 g/mol. The average Bonchev–Trinajstić information content (AvgIpc) is 2.37. The Kier molecular flexibility index (Phi) is 3.92. The second-order valence-electron chi connectivity index (χ2n) is 4.22. The van der Waals surface area contributed by atoms with Gasteiger partial charge in [-0.2, -0.15) is 0 Å². The minimum Gasteiger partial charge on any atom is -0.387 e. The molecule has 2 rings (SSSR count). The molecule has 4 N–H and O–H groups in total. The number of aliphatic hydroxyl groups excluding tert-OH is 1. The van der Waals surface area contributed by atoms with Crippen LogP contribution in [-0.2, 0) is 4.79 Å². The highest BCUT2D eigenvalue weighted by atomic mass is 16.3. The minimum absolute atomic E-state index is 0.0740. The van der Waals surface area contributed by atoms with Crippen LogP contribution in [0.25, 0.3) is 10.8 Å². The predicted molar refractivity (Wildman–Crippen MR) is 71.0 cm³/mol. The van der Waals surface area contributed by atoms with Crippen molar-refractivity contribution in [2.45, 2.75) is 6.10 Å². The molecule has 0 spiro atoms. The van der Waals surface area contributed by atoms with Crippen LogP contribution in [-0.4, -0.2) is 24.1 Å². The molecule has 0 heterocycles. The van der Waals surface area contributed by atoms with Gasteiger partial charge in [-0.25, -0.2) is 0 Å². The zero-order valence-electron chi connectivity index (χ0n) is 9.97. The SMILES string of the molecule is NC(=O)CNCC(O)c1ccc2ccccc2c1. The zero-order chi connectivity index (χ0) is 13.0. The number of carbonyl (C=O) groups is 1. The summed E-state index contributed by atoms with van der Waals surface area (Å²) >= 11 is 0. The van der Waals surface area contributed by atoms with Crippen molar-refractivity contribution in [3.05, 3.63) is 48.0 Å². The number of primary amides is 1. The van der Waals surface area contributed by atoms with Gasteiger partial charge in [0.1, 0.15) is 0 Å². The highest BCUT2D eigenvalue weighted by Gasteiger charge is 2.08. The number of aliphatic hydroxyl groups is 1. The molecule has 18 heavy (non-hydrogen) atoms. The zero-order valence-corrected chi connectivity index (χ0v) is 9.97. The van der Waals surface area contributed by atoms with E-state index in [-0.39, 0.29) is 6.54 Å². The van der Waals surface area contributed by atoms with E-state index >= 15 is 0 Å². The van der Waals surface area contributed by atoms with Crippen LogP contribution in [0.1, 0.15) is 11.7 Å². The molecule has 0 aliphatic heterocycles. The Labute approximate surface area is 105 Å². The summed E-state index contributed by atoms with van der Waals surface area (Å²) in [5.41, 5.74) is 5.83. The Hall–Kier alpha value is -1.91. The lowest BCUT2D eigenvalue weighted by Crippen LogP contribution is -2.31. The van der Waals surface area contributed by atoms with Gasteiger partial charge in [0.15, 0.2) is 0 Å². The molecule has 1 atom stereocenters. The Morgan fingerprint density at radius 2 is 1.94 bits per heavy atom. The van der Waals surface area contributed by atoms with Gasteiger partial charge in [0.05, 0.1) is 12.6 Å². The summed E-state index contributed by atoms with van der Waals surface area (Å²) in [5, 5.41) is 15.0. The van der Waals surface area contributed by atoms with Crippen molar-refractivity contribution in [1.29, 1.82) is 0 Å². The van der Waals surface area contributed by atoms with E-state index in [9.17, 15) is 9.90 Å². The van der Waals surface area contributed by atoms with E-state index in [4.69, 9.17) is 5.73 Å². The maximum Gasteiger partial charge on any atom is 0.231 e. The number of rotatable bonds is 5. The van der Waals surface area contributed by atoms with Crippen LogP contribution in [0.2, 0.25) is 0 Å². The molecule has 0 aliphatic carbocycles. The minimum atomic E-state index is -0.644. The van der Waals surface area contributed by atoms with Crippen molar-refractivity contribution >= 4 is 16.7 Å². The van der Waals surface area contributed by atoms with Crippen LogP contribution >= 0.6 is 0 Å². The van der Waals surface area contributed by atoms with Gasteiger partial charge in [-0.3, -0.25) is 4.79 Å². The normalized spacial score (nSPS) is 12.5. The van der Waals surface area contributed by atoms with Gasteiger partial charge in [-0.1, -0.05) is 36.4 Å². The van der Waals surface area contributed by atoms with Crippen LogP contribution < -0.4 is 11.1 Å². The van der Waals surface area contributed by atoms with Crippen LogP contribution in [0.3, 0.4) is 0 Å². The molecule has 2 aromatic carbocycles. The molecule has 1 unspecified atom stereocenters. The number of amides is 1. The lowest BCUT2D eigenvalue weighted by Gasteiger charge is -2.12. The number of nitrogens with two attached hydrogens (primary N) is 1. The summed E-state index contributed by atoms with van der Waals surface area (Å²) in [4.78, 5) is 10.6. The number of hydrogen-bond acceptors (Lipinski definition) is 3. The Morgan fingerprint density at radius 1 is 1.22 bits per heavy atom. The molecule has 4 heteroatoms. The summed E-state index contributed by atoms with van der Waals surface area (Å²) in [6.07, 6.45) is -0.644. The van der Waals surface area contributed by atoms with E-state index < -0.39 is 12.0 Å². The molecule has 0 saturated heterocycles. The molecule has 0 bridgehead atoms. The fourth-order valence-corrected chi connectivity index (χ4v) is 1.87. The van der Waals surface area contributed by atoms with E-state index in [0.717, 1.165) is 16.3 Å². The average molecular weight is 244 g/mol. The van der Waals surface area contributed by atoms with E-state index in [1.165, 1.54) is 0 Å². The Bertz CT molecular complexity index is 554. The molecule has 0 aliphatic rings. The van der Waals surface area contributed by atoms with E-state index in [0.29, 0.717) is 6.54 Å². The van der Waals surface area contributed by atoms with Gasteiger partial charge in [0, 0.05) is 6.54 Å². The lowest BCUT2D eigenvalue weighted by molar-refractivity contribution is -0.117. The fraction of sp³-hybridized carbons (Fsp3) is 0.214. The quantitative estimate of drug-likeness (QED) is 0.733. The van der Waals surface area contributed by atoms with Gasteiger partial charge in [0.25, 0.3) is 0 Å². The van der Waals surface area contributed by atoms with Crippen molar-refractivity contribution in [3.8, 4) is 0 Å². The molecule has 4 nitrogen and oxygen atoms in total. The predicted octanol–water partition coefficient (Wildman–Crippen LogP) is 0.948. The number of fused-ring (bicyclic) bond motifs is 1. The van der Waals surface area contributed by atoms with Crippen molar-refractivity contribution in [2.24, 2.45) is 5.73 Å². The molecular formula is C14H16N2O2. The molecule has 0 fully saturated rings. The third kappa shape index (κ3) is 3.06. The standard InChI is InChI=1S/C14H16N2O2/c15-14(18)9-16-8-13(17)12-6-5-10-3-1-2-4-11(10)7-12/h1-7,13,16-17H,8-9H2,(H2,15,18). The van der Waals surface area contributed by atoms with E-state index in [1.807, 2.05) is 42.5 Å². The van der Waals surface area contributed by atoms with Gasteiger partial charge < -0.3 is 16.2 Å². The van der Waals surface area contributed by atoms with Crippen LogP contribution in [0.4, 0.5) is 0 Å². The molecule has 0 saturated carbocycles. The molecule has 1 amide bonds. The third-order valence-electron chi connectivity index (χ3n) is 2.80. The first-order chi connectivity index (χ1) is 8.66. The summed E-state index contributed by atoms with van der Waals surface area (Å²) in [7, 11) is 0. The van der Waals surface area contributed by atoms with E-state index in [2.05, 4.69) is 5.32 Å². The first-order valence-corrected chi connectivity index (χ1v) is 5.82. The van der Waals surface area contributed by atoms with Crippen molar-refractivity contribution < 1.29 is 9.90 Å². The summed E-state index contributed by atoms with van der Waals surface area (Å²) in [6.45, 7) is 0.381. The fourth-order valence-electron chi connectivity index (χ4n) is 1.87. The first-order valence-electron chi connectivity index (χ1n) is 5.82. The van der Waals surface area contributed by atoms with Crippen LogP contribution in [0.5, 0.6) is 0 Å². The monoisotopic (exact) mass is 244 g/mol. The number of carbonyl (C=O) groups excluding carboxylic acids is 1. The Morgan fingerprint density at radius 3 is 2.67 bits per heavy atom. The smallest absolute Gasteiger partial charge is 0.231 e. The van der Waals surface area contributed by atoms with Gasteiger partial charge in [-0.15, -0.1) is 0 Å². The van der Waals surface area contributed by atoms with Crippen molar-refractivity contribution in [2.75, 3.05) is 13.1 Å². The van der Waals surface area contributed by atoms with Gasteiger partial charge in [-0.05, 0) is 22.4 Å². The van der Waals surface area contributed by atoms with Crippen LogP contribution in [0, 0.1) is 0 Å². The van der Waals surface area contributed by atoms with Crippen molar-refractivity contribution in [3.63, 3.8) is 0 Å². The first kappa shape index (κ1) is 12.5. The largest absolute Gasteiger partial charge is 0.387 e. The second kappa shape index (κ2) is 5.62.